The molecule has 0 aliphatic carbocycles. The minimum absolute atomic E-state index is 0.0210. The summed E-state index contributed by atoms with van der Waals surface area (Å²) in [4.78, 5) is 12.1. The van der Waals surface area contributed by atoms with Gasteiger partial charge in [-0.25, -0.2) is 0 Å². The molecule has 0 amide bonds. The van der Waals surface area contributed by atoms with Gasteiger partial charge < -0.3 is 18.7 Å². The molecule has 2 aromatic heterocycles. The number of methoxy groups -OCH3 is 1. The van der Waals surface area contributed by atoms with Crippen molar-refractivity contribution in [3.05, 3.63) is 46.8 Å². The summed E-state index contributed by atoms with van der Waals surface area (Å²) in [7, 11) is 1.50. The Morgan fingerprint density at radius 2 is 2.11 bits per heavy atom. The molecule has 0 saturated carbocycles. The summed E-state index contributed by atoms with van der Waals surface area (Å²) in [5.74, 6) is 0.362. The zero-order valence-electron chi connectivity index (χ0n) is 10.0. The van der Waals surface area contributed by atoms with E-state index in [1.807, 2.05) is 0 Å². The van der Waals surface area contributed by atoms with E-state index in [0.29, 0.717) is 17.1 Å². The van der Waals surface area contributed by atoms with E-state index in [0.717, 1.165) is 0 Å². The molecule has 0 aliphatic rings. The lowest BCUT2D eigenvalue weighted by Gasteiger charge is -2.05. The second-order valence-corrected chi connectivity index (χ2v) is 3.95. The molecule has 1 N–H and O–H groups in total. The highest BCUT2D eigenvalue weighted by molar-refractivity contribution is 5.82. The second-order valence-electron chi connectivity index (χ2n) is 3.95. The zero-order valence-corrected chi connectivity index (χ0v) is 10.0. The Morgan fingerprint density at radius 3 is 2.79 bits per heavy atom. The number of fused-ring (bicyclic) bond motifs is 1. The normalized spacial score (nSPS) is 10.8. The first-order valence-corrected chi connectivity index (χ1v) is 5.58. The van der Waals surface area contributed by atoms with E-state index in [-0.39, 0.29) is 11.1 Å². The Balaban J connectivity index is 2.34. The zero-order chi connectivity index (χ0) is 13.4. The van der Waals surface area contributed by atoms with Crippen molar-refractivity contribution in [1.82, 2.24) is 0 Å². The maximum Gasteiger partial charge on any atom is 0.235 e. The van der Waals surface area contributed by atoms with Gasteiger partial charge in [-0.05, 0) is 30.3 Å². The molecule has 96 valence electrons. The summed E-state index contributed by atoms with van der Waals surface area (Å²) < 4.78 is 15.7. The smallest absolute Gasteiger partial charge is 0.235 e. The van der Waals surface area contributed by atoms with E-state index in [1.54, 1.807) is 24.3 Å². The van der Waals surface area contributed by atoms with Crippen LogP contribution in [0.15, 0.2) is 50.2 Å². The number of benzene rings is 1. The Labute approximate surface area is 107 Å². The third-order valence-corrected chi connectivity index (χ3v) is 2.82. The van der Waals surface area contributed by atoms with Gasteiger partial charge in [0.1, 0.15) is 11.3 Å². The van der Waals surface area contributed by atoms with Gasteiger partial charge in [0.25, 0.3) is 0 Å². The van der Waals surface area contributed by atoms with Gasteiger partial charge in [-0.15, -0.1) is 0 Å². The van der Waals surface area contributed by atoms with Crippen molar-refractivity contribution >= 4 is 11.0 Å². The van der Waals surface area contributed by atoms with E-state index >= 15 is 0 Å². The van der Waals surface area contributed by atoms with Gasteiger partial charge in [-0.1, -0.05) is 0 Å². The van der Waals surface area contributed by atoms with Crippen LogP contribution in [0.3, 0.4) is 0 Å². The summed E-state index contributed by atoms with van der Waals surface area (Å²) in [5, 5.41) is 10.2. The fraction of sp³-hybridized carbons (Fsp3) is 0.0714. The van der Waals surface area contributed by atoms with Crippen LogP contribution in [-0.2, 0) is 0 Å². The van der Waals surface area contributed by atoms with Gasteiger partial charge in [-0.2, -0.15) is 0 Å². The van der Waals surface area contributed by atoms with Crippen LogP contribution in [0.4, 0.5) is 0 Å². The minimum Gasteiger partial charge on any atom is -0.501 e. The first-order chi connectivity index (χ1) is 9.20. The highest BCUT2D eigenvalue weighted by Crippen LogP contribution is 2.31. The quantitative estimate of drug-likeness (QED) is 0.765. The maximum atomic E-state index is 12.1. The lowest BCUT2D eigenvalue weighted by molar-refractivity contribution is 0.414. The van der Waals surface area contributed by atoms with Crippen LogP contribution in [-0.4, -0.2) is 12.2 Å². The highest BCUT2D eigenvalue weighted by Gasteiger charge is 2.17. The molecule has 5 heteroatoms. The lowest BCUT2D eigenvalue weighted by Crippen LogP contribution is -2.02. The van der Waals surface area contributed by atoms with Crippen LogP contribution in [0.25, 0.3) is 22.5 Å². The number of hydrogen-bond donors (Lipinski definition) is 1. The van der Waals surface area contributed by atoms with Crippen LogP contribution < -0.4 is 10.2 Å². The van der Waals surface area contributed by atoms with Gasteiger partial charge >= 0.3 is 0 Å². The minimum atomic E-state index is -0.522. The van der Waals surface area contributed by atoms with Gasteiger partial charge in [0.05, 0.1) is 18.8 Å². The summed E-state index contributed by atoms with van der Waals surface area (Å²) >= 11 is 0. The first kappa shape index (κ1) is 11.4. The average molecular weight is 258 g/mol. The van der Waals surface area contributed by atoms with Crippen molar-refractivity contribution in [2.75, 3.05) is 7.11 Å². The molecule has 0 aliphatic heterocycles. The molecule has 5 nitrogen and oxygen atoms in total. The van der Waals surface area contributed by atoms with Gasteiger partial charge in [0, 0.05) is 0 Å². The molecule has 0 unspecified atom stereocenters. The third-order valence-electron chi connectivity index (χ3n) is 2.82. The predicted molar refractivity (Wildman–Crippen MR) is 68.4 cm³/mol. The molecule has 2 heterocycles. The Morgan fingerprint density at radius 1 is 1.26 bits per heavy atom. The van der Waals surface area contributed by atoms with Crippen LogP contribution in [0.1, 0.15) is 0 Å². The topological polar surface area (TPSA) is 72.8 Å². The van der Waals surface area contributed by atoms with E-state index in [4.69, 9.17) is 13.6 Å². The maximum absolute atomic E-state index is 12.1. The van der Waals surface area contributed by atoms with E-state index in [1.165, 1.54) is 19.4 Å². The van der Waals surface area contributed by atoms with Crippen molar-refractivity contribution in [3.8, 4) is 23.0 Å². The number of furan rings is 1. The largest absolute Gasteiger partial charge is 0.501 e. The number of ether oxygens (including phenoxy) is 1. The Hall–Kier alpha value is -2.69. The van der Waals surface area contributed by atoms with Gasteiger partial charge in [0.2, 0.25) is 16.9 Å². The summed E-state index contributed by atoms with van der Waals surface area (Å²) in [5.41, 5.74) is -0.165. The Kier molecular flexibility index (Phi) is 2.52. The third kappa shape index (κ3) is 1.76. The van der Waals surface area contributed by atoms with Crippen LogP contribution in [0.2, 0.25) is 0 Å². The van der Waals surface area contributed by atoms with E-state index in [9.17, 15) is 9.90 Å². The van der Waals surface area contributed by atoms with Gasteiger partial charge in [0.15, 0.2) is 5.76 Å². The van der Waals surface area contributed by atoms with Gasteiger partial charge in [-0.3, -0.25) is 4.79 Å². The molecule has 3 aromatic rings. The number of rotatable bonds is 2. The molecular weight excluding hydrogens is 248 g/mol. The molecule has 1 aromatic carbocycles. The highest BCUT2D eigenvalue weighted by atomic mass is 16.5. The van der Waals surface area contributed by atoms with Crippen LogP contribution in [0, 0.1) is 0 Å². The molecule has 19 heavy (non-hydrogen) atoms. The molecule has 0 spiro atoms. The molecule has 0 fully saturated rings. The van der Waals surface area contributed by atoms with Crippen LogP contribution >= 0.6 is 0 Å². The number of hydrogen-bond acceptors (Lipinski definition) is 5. The summed E-state index contributed by atoms with van der Waals surface area (Å²) in [6.45, 7) is 0. The average Bonchev–Trinajstić information content (AvgIpc) is 2.96. The standard InChI is InChI=1S/C14H10O5/c1-17-8-4-5-10-9(7-8)12(15)13(16)14(19-10)11-3-2-6-18-11/h2-7,16H,1H3. The van der Waals surface area contributed by atoms with Crippen molar-refractivity contribution in [3.63, 3.8) is 0 Å². The van der Waals surface area contributed by atoms with Crippen molar-refractivity contribution < 1.29 is 18.7 Å². The van der Waals surface area contributed by atoms with Crippen molar-refractivity contribution in [1.29, 1.82) is 0 Å². The summed E-state index contributed by atoms with van der Waals surface area (Å²) in [6, 6.07) is 8.06. The summed E-state index contributed by atoms with van der Waals surface area (Å²) in [6.07, 6.45) is 1.44. The predicted octanol–water partition coefficient (Wildman–Crippen LogP) is 2.77. The monoisotopic (exact) mass is 258 g/mol. The van der Waals surface area contributed by atoms with E-state index < -0.39 is 11.2 Å². The van der Waals surface area contributed by atoms with Crippen LogP contribution in [0.5, 0.6) is 11.5 Å². The fourth-order valence-corrected chi connectivity index (χ4v) is 1.87. The molecule has 0 bridgehead atoms. The first-order valence-electron chi connectivity index (χ1n) is 5.58. The second kappa shape index (κ2) is 4.20. The molecule has 0 saturated heterocycles. The molecule has 0 atom stereocenters. The molecule has 0 radical (unpaired) electrons. The molecular formula is C14H10O5. The number of aromatic hydroxyl groups is 1. The van der Waals surface area contributed by atoms with E-state index in [2.05, 4.69) is 0 Å². The fourth-order valence-electron chi connectivity index (χ4n) is 1.87. The SMILES string of the molecule is COc1ccc2oc(-c3ccco3)c(O)c(=O)c2c1. The molecule has 3 rings (SSSR count). The lowest BCUT2D eigenvalue weighted by atomic mass is 10.2. The van der Waals surface area contributed by atoms with Crippen molar-refractivity contribution in [2.24, 2.45) is 0 Å². The Bertz CT molecular complexity index is 783. The van der Waals surface area contributed by atoms with Crippen molar-refractivity contribution in [2.45, 2.75) is 0 Å².